The summed E-state index contributed by atoms with van der Waals surface area (Å²) in [5, 5.41) is 7.32. The van der Waals surface area contributed by atoms with Crippen molar-refractivity contribution in [3.8, 4) is 11.4 Å². The number of aromatic nitrogens is 2. The first kappa shape index (κ1) is 19.5. The Morgan fingerprint density at radius 1 is 1.28 bits per heavy atom. The van der Waals surface area contributed by atoms with Gasteiger partial charge in [0, 0.05) is 17.1 Å². The van der Waals surface area contributed by atoms with E-state index in [4.69, 9.17) is 16.1 Å². The van der Waals surface area contributed by atoms with Crippen LogP contribution in [-0.4, -0.2) is 34.0 Å². The van der Waals surface area contributed by atoms with Crippen LogP contribution in [0.25, 0.3) is 11.4 Å². The lowest BCUT2D eigenvalue weighted by Crippen LogP contribution is -2.40. The first-order chi connectivity index (χ1) is 14.1. The van der Waals surface area contributed by atoms with Crippen LogP contribution in [-0.2, 0) is 11.3 Å². The van der Waals surface area contributed by atoms with Gasteiger partial charge in [0.1, 0.15) is 5.82 Å². The van der Waals surface area contributed by atoms with Gasteiger partial charge in [0.25, 0.3) is 0 Å². The summed E-state index contributed by atoms with van der Waals surface area (Å²) in [5.41, 5.74) is 0.992. The van der Waals surface area contributed by atoms with E-state index in [9.17, 15) is 9.18 Å². The molecule has 6 nitrogen and oxygen atoms in total. The largest absolute Gasteiger partial charge is 0.338 e. The van der Waals surface area contributed by atoms with Gasteiger partial charge in [-0.3, -0.25) is 9.69 Å². The topological polar surface area (TPSA) is 71.3 Å². The number of nitrogens with one attached hydrogen (secondary N) is 1. The molecule has 1 amide bonds. The van der Waals surface area contributed by atoms with Crippen molar-refractivity contribution < 1.29 is 13.7 Å². The van der Waals surface area contributed by atoms with Gasteiger partial charge in [0.2, 0.25) is 17.6 Å². The predicted octanol–water partition coefficient (Wildman–Crippen LogP) is 4.38. The van der Waals surface area contributed by atoms with E-state index in [-0.39, 0.29) is 17.5 Å². The van der Waals surface area contributed by atoms with Crippen molar-refractivity contribution in [2.45, 2.75) is 19.4 Å². The van der Waals surface area contributed by atoms with Gasteiger partial charge in [-0.1, -0.05) is 41.0 Å². The van der Waals surface area contributed by atoms with Crippen molar-refractivity contribution in [1.82, 2.24) is 15.0 Å². The third kappa shape index (κ3) is 4.81. The van der Waals surface area contributed by atoms with Crippen LogP contribution in [0, 0.1) is 11.7 Å². The average molecular weight is 415 g/mol. The Labute approximate surface area is 172 Å². The SMILES string of the molecule is O=C(Nc1ccccc1F)C1CCCN(Cc2nc(-c3cccc(Cl)c3)no2)C1. The number of piperidine rings is 1. The molecular weight excluding hydrogens is 395 g/mol. The predicted molar refractivity (Wildman–Crippen MR) is 108 cm³/mol. The normalized spacial score (nSPS) is 17.2. The van der Waals surface area contributed by atoms with Gasteiger partial charge in [-0.2, -0.15) is 4.98 Å². The number of carbonyl (C=O) groups excluding carboxylic acids is 1. The summed E-state index contributed by atoms with van der Waals surface area (Å²) in [6, 6.07) is 13.4. The van der Waals surface area contributed by atoms with E-state index in [2.05, 4.69) is 20.4 Å². The Kier molecular flexibility index (Phi) is 5.87. The number of anilines is 1. The average Bonchev–Trinajstić information content (AvgIpc) is 3.18. The lowest BCUT2D eigenvalue weighted by atomic mass is 9.97. The van der Waals surface area contributed by atoms with E-state index in [1.165, 1.54) is 6.07 Å². The third-order valence-corrected chi connectivity index (χ3v) is 5.15. The second-order valence-corrected chi connectivity index (χ2v) is 7.50. The molecule has 0 saturated carbocycles. The van der Waals surface area contributed by atoms with Gasteiger partial charge in [-0.25, -0.2) is 4.39 Å². The number of halogens is 2. The van der Waals surface area contributed by atoms with Crippen LogP contribution in [0.4, 0.5) is 10.1 Å². The monoisotopic (exact) mass is 414 g/mol. The Morgan fingerprint density at radius 2 is 2.14 bits per heavy atom. The summed E-state index contributed by atoms with van der Waals surface area (Å²) in [7, 11) is 0. The third-order valence-electron chi connectivity index (χ3n) is 4.92. The summed E-state index contributed by atoms with van der Waals surface area (Å²) in [6.07, 6.45) is 1.62. The molecule has 29 heavy (non-hydrogen) atoms. The minimum Gasteiger partial charge on any atom is -0.338 e. The molecule has 3 aromatic rings. The summed E-state index contributed by atoms with van der Waals surface area (Å²) in [6.45, 7) is 1.84. The van der Waals surface area contributed by atoms with Crippen molar-refractivity contribution in [2.24, 2.45) is 5.92 Å². The number of para-hydroxylation sites is 1. The fraction of sp³-hybridized carbons (Fsp3) is 0.286. The van der Waals surface area contributed by atoms with Crippen LogP contribution < -0.4 is 5.32 Å². The molecule has 150 valence electrons. The zero-order valence-corrected chi connectivity index (χ0v) is 16.4. The molecule has 1 aliphatic heterocycles. The Hall–Kier alpha value is -2.77. The van der Waals surface area contributed by atoms with Gasteiger partial charge in [0.05, 0.1) is 18.2 Å². The molecule has 0 bridgehead atoms. The zero-order chi connectivity index (χ0) is 20.2. The van der Waals surface area contributed by atoms with Gasteiger partial charge in [-0.15, -0.1) is 0 Å². The molecule has 4 rings (SSSR count). The fourth-order valence-corrected chi connectivity index (χ4v) is 3.66. The number of hydrogen-bond acceptors (Lipinski definition) is 5. The zero-order valence-electron chi connectivity index (χ0n) is 15.6. The molecule has 1 unspecified atom stereocenters. The maximum Gasteiger partial charge on any atom is 0.241 e. The van der Waals surface area contributed by atoms with Crippen LogP contribution in [0.1, 0.15) is 18.7 Å². The molecule has 1 aromatic heterocycles. The van der Waals surface area contributed by atoms with E-state index < -0.39 is 5.82 Å². The molecule has 1 saturated heterocycles. The number of carbonyl (C=O) groups is 1. The maximum atomic E-state index is 13.8. The highest BCUT2D eigenvalue weighted by atomic mass is 35.5. The first-order valence-corrected chi connectivity index (χ1v) is 9.82. The number of nitrogens with zero attached hydrogens (tertiary/aromatic N) is 3. The second-order valence-electron chi connectivity index (χ2n) is 7.07. The minimum atomic E-state index is -0.437. The molecule has 1 fully saturated rings. The van der Waals surface area contributed by atoms with Crippen LogP contribution in [0.2, 0.25) is 5.02 Å². The Bertz CT molecular complexity index is 1010. The van der Waals surface area contributed by atoms with E-state index in [1.807, 2.05) is 12.1 Å². The van der Waals surface area contributed by atoms with Gasteiger partial charge in [0.15, 0.2) is 0 Å². The molecule has 1 atom stereocenters. The molecule has 2 heterocycles. The Balaban J connectivity index is 1.38. The molecule has 0 radical (unpaired) electrons. The highest BCUT2D eigenvalue weighted by Gasteiger charge is 2.27. The summed E-state index contributed by atoms with van der Waals surface area (Å²) < 4.78 is 19.2. The molecule has 0 aliphatic carbocycles. The van der Waals surface area contributed by atoms with E-state index in [0.717, 1.165) is 24.9 Å². The number of rotatable bonds is 5. The Morgan fingerprint density at radius 3 is 2.97 bits per heavy atom. The molecular formula is C21H20ClFN4O2. The molecule has 0 spiro atoms. The van der Waals surface area contributed by atoms with Crippen molar-refractivity contribution in [3.05, 3.63) is 65.3 Å². The fourth-order valence-electron chi connectivity index (χ4n) is 3.47. The van der Waals surface area contributed by atoms with Gasteiger partial charge < -0.3 is 9.84 Å². The number of benzene rings is 2. The van der Waals surface area contributed by atoms with Crippen LogP contribution in [0.15, 0.2) is 53.1 Å². The standard InChI is InChI=1S/C21H20ClFN4O2/c22-16-7-3-5-14(11-16)20-25-19(29-26-20)13-27-10-4-6-15(12-27)21(28)24-18-9-2-1-8-17(18)23/h1-3,5,7-9,11,15H,4,6,10,12-13H2,(H,24,28). The molecule has 1 aliphatic rings. The van der Waals surface area contributed by atoms with Crippen molar-refractivity contribution in [2.75, 3.05) is 18.4 Å². The lowest BCUT2D eigenvalue weighted by molar-refractivity contribution is -0.121. The molecule has 1 N–H and O–H groups in total. The summed E-state index contributed by atoms with van der Waals surface area (Å²) in [5.74, 6) is 0.125. The molecule has 2 aromatic carbocycles. The van der Waals surface area contributed by atoms with Crippen LogP contribution in [0.5, 0.6) is 0 Å². The van der Waals surface area contributed by atoms with Gasteiger partial charge in [-0.05, 0) is 43.7 Å². The smallest absolute Gasteiger partial charge is 0.241 e. The minimum absolute atomic E-state index is 0.176. The van der Waals surface area contributed by atoms with Crippen molar-refractivity contribution >= 4 is 23.2 Å². The first-order valence-electron chi connectivity index (χ1n) is 9.45. The number of amides is 1. The van der Waals surface area contributed by atoms with Crippen molar-refractivity contribution in [1.29, 1.82) is 0 Å². The van der Waals surface area contributed by atoms with Crippen LogP contribution in [0.3, 0.4) is 0 Å². The highest BCUT2D eigenvalue weighted by Crippen LogP contribution is 2.23. The maximum absolute atomic E-state index is 13.8. The summed E-state index contributed by atoms with van der Waals surface area (Å²) in [4.78, 5) is 19.1. The van der Waals surface area contributed by atoms with Gasteiger partial charge >= 0.3 is 0 Å². The lowest BCUT2D eigenvalue weighted by Gasteiger charge is -2.30. The van der Waals surface area contributed by atoms with Crippen molar-refractivity contribution in [3.63, 3.8) is 0 Å². The van der Waals surface area contributed by atoms with E-state index >= 15 is 0 Å². The quantitative estimate of drug-likeness (QED) is 0.670. The number of hydrogen-bond donors (Lipinski definition) is 1. The van der Waals surface area contributed by atoms with E-state index in [0.29, 0.717) is 29.8 Å². The highest BCUT2D eigenvalue weighted by molar-refractivity contribution is 6.30. The summed E-state index contributed by atoms with van der Waals surface area (Å²) >= 11 is 6.01. The second kappa shape index (κ2) is 8.71. The van der Waals surface area contributed by atoms with E-state index in [1.54, 1.807) is 30.3 Å². The van der Waals surface area contributed by atoms with Crippen LogP contribution >= 0.6 is 11.6 Å². The number of likely N-dealkylation sites (tertiary alicyclic amines) is 1. The molecule has 8 heteroatoms.